The quantitative estimate of drug-likeness (QED) is 0.828. The van der Waals surface area contributed by atoms with Crippen molar-refractivity contribution < 1.29 is 9.59 Å². The Morgan fingerprint density at radius 3 is 2.00 bits per heavy atom. The molecule has 100 valence electrons. The minimum atomic E-state index is -0.355. The highest BCUT2D eigenvalue weighted by atomic mass is 16.2. The van der Waals surface area contributed by atoms with Gasteiger partial charge < -0.3 is 15.5 Å². The number of anilines is 2. The lowest BCUT2D eigenvalue weighted by Crippen LogP contribution is -2.27. The number of hydrogen-bond acceptors (Lipinski definition) is 4. The van der Waals surface area contributed by atoms with Gasteiger partial charge in [-0.3, -0.25) is 9.59 Å². The molecule has 1 rings (SSSR count). The lowest BCUT2D eigenvalue weighted by atomic mass is 10.2. The molecule has 6 nitrogen and oxygen atoms in total. The van der Waals surface area contributed by atoms with E-state index in [1.807, 2.05) is 14.1 Å². The van der Waals surface area contributed by atoms with Gasteiger partial charge in [-0.15, -0.1) is 0 Å². The number of carbonyl (C=O) groups excluding carboxylic acids is 2. The van der Waals surface area contributed by atoms with Crippen molar-refractivity contribution in [2.75, 3.05) is 31.3 Å². The largest absolute Gasteiger partial charge is 0.325 e. The lowest BCUT2D eigenvalue weighted by Gasteiger charge is -2.10. The van der Waals surface area contributed by atoms with Crippen LogP contribution in [0.5, 0.6) is 0 Å². The third-order valence-corrected chi connectivity index (χ3v) is 2.15. The summed E-state index contributed by atoms with van der Waals surface area (Å²) in [5, 5.41) is 13.7. The normalized spacial score (nSPS) is 9.79. The van der Waals surface area contributed by atoms with E-state index in [-0.39, 0.29) is 18.2 Å². The highest BCUT2D eigenvalue weighted by Gasteiger charge is 2.04. The topological polar surface area (TPSA) is 85.2 Å². The molecule has 6 heteroatoms. The van der Waals surface area contributed by atoms with Crippen molar-refractivity contribution in [2.45, 2.75) is 6.42 Å². The fourth-order valence-electron chi connectivity index (χ4n) is 1.40. The van der Waals surface area contributed by atoms with Crippen molar-refractivity contribution in [1.29, 1.82) is 5.26 Å². The first-order valence-corrected chi connectivity index (χ1v) is 5.72. The molecule has 0 radical (unpaired) electrons. The Kier molecular flexibility index (Phi) is 5.51. The van der Waals surface area contributed by atoms with Crippen LogP contribution in [0.25, 0.3) is 0 Å². The number of benzene rings is 1. The molecule has 0 heterocycles. The van der Waals surface area contributed by atoms with Gasteiger partial charge in [0.25, 0.3) is 0 Å². The lowest BCUT2D eigenvalue weighted by molar-refractivity contribution is -0.117. The zero-order chi connectivity index (χ0) is 14.3. The second kappa shape index (κ2) is 7.13. The Morgan fingerprint density at radius 2 is 1.58 bits per heavy atom. The van der Waals surface area contributed by atoms with Crippen molar-refractivity contribution in [1.82, 2.24) is 4.90 Å². The highest BCUT2D eigenvalue weighted by molar-refractivity contribution is 5.94. The third-order valence-electron chi connectivity index (χ3n) is 2.15. The summed E-state index contributed by atoms with van der Waals surface area (Å²) in [6.45, 7) is 0.306. The molecular weight excluding hydrogens is 244 g/mol. The van der Waals surface area contributed by atoms with Gasteiger partial charge in [-0.05, 0) is 38.4 Å². The number of nitrogens with one attached hydrogen (secondary N) is 2. The molecule has 2 N–H and O–H groups in total. The maximum Gasteiger partial charge on any atom is 0.238 e. The molecule has 0 unspecified atom stereocenters. The van der Waals surface area contributed by atoms with E-state index in [0.717, 1.165) is 0 Å². The molecular formula is C13H16N4O2. The summed E-state index contributed by atoms with van der Waals surface area (Å²) >= 11 is 0. The molecule has 0 aliphatic heterocycles. The average molecular weight is 260 g/mol. The molecule has 0 bridgehead atoms. The van der Waals surface area contributed by atoms with Gasteiger partial charge in [0.15, 0.2) is 0 Å². The van der Waals surface area contributed by atoms with Crippen molar-refractivity contribution in [3.05, 3.63) is 24.3 Å². The predicted molar refractivity (Wildman–Crippen MR) is 72.5 cm³/mol. The van der Waals surface area contributed by atoms with Gasteiger partial charge in [-0.1, -0.05) is 0 Å². The van der Waals surface area contributed by atoms with E-state index in [2.05, 4.69) is 10.6 Å². The van der Waals surface area contributed by atoms with Crippen molar-refractivity contribution in [3.63, 3.8) is 0 Å². The Balaban J connectivity index is 2.54. The summed E-state index contributed by atoms with van der Waals surface area (Å²) in [6, 6.07) is 8.48. The maximum absolute atomic E-state index is 11.5. The number of nitriles is 1. The van der Waals surface area contributed by atoms with Crippen molar-refractivity contribution >= 4 is 23.2 Å². The van der Waals surface area contributed by atoms with E-state index in [1.165, 1.54) is 0 Å². The highest BCUT2D eigenvalue weighted by Crippen LogP contribution is 2.13. The smallest absolute Gasteiger partial charge is 0.238 e. The third kappa shape index (κ3) is 5.66. The average Bonchev–Trinajstić information content (AvgIpc) is 2.31. The van der Waals surface area contributed by atoms with E-state index in [9.17, 15) is 9.59 Å². The fourth-order valence-corrected chi connectivity index (χ4v) is 1.40. The van der Waals surface area contributed by atoms with Crippen LogP contribution in [0.3, 0.4) is 0 Å². The summed E-state index contributed by atoms with van der Waals surface area (Å²) in [5.41, 5.74) is 1.25. The summed E-state index contributed by atoms with van der Waals surface area (Å²) in [5.74, 6) is -0.460. The molecule has 0 aliphatic carbocycles. The molecule has 0 aliphatic rings. The fraction of sp³-hybridized carbons (Fsp3) is 0.308. The Morgan fingerprint density at radius 1 is 1.11 bits per heavy atom. The Labute approximate surface area is 112 Å². The summed E-state index contributed by atoms with van der Waals surface area (Å²) in [4.78, 5) is 24.5. The van der Waals surface area contributed by atoms with Crippen molar-refractivity contribution in [3.8, 4) is 6.07 Å². The van der Waals surface area contributed by atoms with Gasteiger partial charge in [0.2, 0.25) is 11.8 Å². The first-order valence-electron chi connectivity index (χ1n) is 5.72. The minimum Gasteiger partial charge on any atom is -0.325 e. The molecule has 0 spiro atoms. The predicted octanol–water partition coefficient (Wildman–Crippen LogP) is 1.04. The molecule has 1 aromatic rings. The second-order valence-corrected chi connectivity index (χ2v) is 4.25. The molecule has 1 aromatic carbocycles. The van der Waals surface area contributed by atoms with Crippen molar-refractivity contribution in [2.24, 2.45) is 0 Å². The number of rotatable bonds is 5. The van der Waals surface area contributed by atoms with Crippen LogP contribution in [0.15, 0.2) is 24.3 Å². The Bertz CT molecular complexity index is 488. The number of likely N-dealkylation sites (N-methyl/N-ethyl adjacent to an activating group) is 1. The molecule has 0 saturated heterocycles. The molecule has 0 atom stereocenters. The zero-order valence-electron chi connectivity index (χ0n) is 10.9. The second-order valence-electron chi connectivity index (χ2n) is 4.25. The van der Waals surface area contributed by atoms with E-state index < -0.39 is 0 Å². The zero-order valence-corrected chi connectivity index (χ0v) is 10.9. The number of amides is 2. The van der Waals surface area contributed by atoms with Crippen LogP contribution in [-0.2, 0) is 9.59 Å². The summed E-state index contributed by atoms with van der Waals surface area (Å²) in [6.07, 6.45) is -0.179. The van der Waals surface area contributed by atoms with E-state index in [1.54, 1.807) is 35.2 Å². The SMILES string of the molecule is CN(C)CC(=O)Nc1ccc(NC(=O)CC#N)cc1. The van der Waals surface area contributed by atoms with E-state index in [0.29, 0.717) is 17.9 Å². The monoisotopic (exact) mass is 260 g/mol. The van der Waals surface area contributed by atoms with Gasteiger partial charge in [0, 0.05) is 11.4 Å². The summed E-state index contributed by atoms with van der Waals surface area (Å²) in [7, 11) is 3.63. The van der Waals surface area contributed by atoms with Gasteiger partial charge in [-0.25, -0.2) is 0 Å². The van der Waals surface area contributed by atoms with Gasteiger partial charge in [-0.2, -0.15) is 5.26 Å². The minimum absolute atomic E-state index is 0.105. The first kappa shape index (κ1) is 14.7. The maximum atomic E-state index is 11.5. The van der Waals surface area contributed by atoms with Crippen LogP contribution in [0.2, 0.25) is 0 Å². The van der Waals surface area contributed by atoms with Crippen LogP contribution < -0.4 is 10.6 Å². The standard InChI is InChI=1S/C13H16N4O2/c1-17(2)9-13(19)16-11-5-3-10(4-6-11)15-12(18)7-8-14/h3-6H,7,9H2,1-2H3,(H,15,18)(H,16,19). The molecule has 0 fully saturated rings. The van der Waals surface area contributed by atoms with E-state index in [4.69, 9.17) is 5.26 Å². The van der Waals surface area contributed by atoms with Crippen LogP contribution in [0, 0.1) is 11.3 Å². The number of carbonyl (C=O) groups is 2. The summed E-state index contributed by atoms with van der Waals surface area (Å²) < 4.78 is 0. The number of hydrogen-bond donors (Lipinski definition) is 2. The number of nitrogens with zero attached hydrogens (tertiary/aromatic N) is 2. The van der Waals surface area contributed by atoms with Crippen LogP contribution in [-0.4, -0.2) is 37.4 Å². The van der Waals surface area contributed by atoms with Crippen LogP contribution in [0.4, 0.5) is 11.4 Å². The van der Waals surface area contributed by atoms with Gasteiger partial charge in [0.05, 0.1) is 12.6 Å². The first-order chi connectivity index (χ1) is 9.01. The van der Waals surface area contributed by atoms with Crippen LogP contribution >= 0.6 is 0 Å². The van der Waals surface area contributed by atoms with Gasteiger partial charge in [0.1, 0.15) is 6.42 Å². The van der Waals surface area contributed by atoms with Crippen LogP contribution in [0.1, 0.15) is 6.42 Å². The molecule has 2 amide bonds. The molecule has 0 aromatic heterocycles. The molecule has 0 saturated carbocycles. The Hall–Kier alpha value is -2.39. The van der Waals surface area contributed by atoms with E-state index >= 15 is 0 Å². The van der Waals surface area contributed by atoms with Gasteiger partial charge >= 0.3 is 0 Å². The molecule has 19 heavy (non-hydrogen) atoms.